The molecule has 0 saturated heterocycles. The lowest BCUT2D eigenvalue weighted by Crippen LogP contribution is -2.16. The van der Waals surface area contributed by atoms with E-state index in [1.165, 1.54) is 0 Å². The van der Waals surface area contributed by atoms with Gasteiger partial charge < -0.3 is 5.11 Å². The third kappa shape index (κ3) is 2.73. The van der Waals surface area contributed by atoms with E-state index >= 15 is 0 Å². The van der Waals surface area contributed by atoms with E-state index in [4.69, 9.17) is 5.11 Å². The lowest BCUT2D eigenvalue weighted by atomic mass is 10.0. The fraction of sp³-hybridized carbons (Fsp3) is 0.222. The number of nitrogens with zero attached hydrogens (tertiary/aromatic N) is 1. The first kappa shape index (κ1) is 13.9. The van der Waals surface area contributed by atoms with Gasteiger partial charge in [0.05, 0.1) is 11.3 Å². The molecule has 0 radical (unpaired) electrons. The summed E-state index contributed by atoms with van der Waals surface area (Å²) in [6.07, 6.45) is -6.50. The molecule has 0 saturated carbocycles. The van der Waals surface area contributed by atoms with Crippen LogP contribution in [0.1, 0.15) is 11.1 Å². The van der Waals surface area contributed by atoms with E-state index in [0.717, 1.165) is 0 Å². The molecule has 0 amide bonds. The number of nitro benzene ring substituents is 1. The standard InChI is InChI=1S/C9H5F4NO4/c10-5-1-2-6(14(17)18)8(9(11,12)13)4(5)3-7(15)16/h1-2H,3H2,(H,15,16). The number of nitro groups is 1. The van der Waals surface area contributed by atoms with Gasteiger partial charge in [-0.05, 0) is 6.07 Å². The molecule has 0 atom stereocenters. The fourth-order valence-electron chi connectivity index (χ4n) is 1.40. The molecule has 0 aliphatic carbocycles. The molecule has 0 aromatic heterocycles. The number of alkyl halides is 3. The van der Waals surface area contributed by atoms with Crippen molar-refractivity contribution in [2.24, 2.45) is 0 Å². The smallest absolute Gasteiger partial charge is 0.423 e. The summed E-state index contributed by atoms with van der Waals surface area (Å²) in [7, 11) is 0. The van der Waals surface area contributed by atoms with Crippen LogP contribution in [0.25, 0.3) is 0 Å². The summed E-state index contributed by atoms with van der Waals surface area (Å²) in [5.74, 6) is -3.17. The zero-order chi connectivity index (χ0) is 14.1. The number of hydrogen-bond acceptors (Lipinski definition) is 3. The Morgan fingerprint density at radius 3 is 2.33 bits per heavy atom. The minimum Gasteiger partial charge on any atom is -0.481 e. The van der Waals surface area contributed by atoms with Crippen molar-refractivity contribution in [3.8, 4) is 0 Å². The molecule has 1 aromatic carbocycles. The monoisotopic (exact) mass is 267 g/mol. The molecular formula is C9H5F4NO4. The molecule has 18 heavy (non-hydrogen) atoms. The van der Waals surface area contributed by atoms with Crippen molar-refractivity contribution in [3.05, 3.63) is 39.2 Å². The molecule has 98 valence electrons. The molecule has 0 aliphatic rings. The van der Waals surface area contributed by atoms with E-state index in [0.29, 0.717) is 12.1 Å². The number of aliphatic carboxylic acids is 1. The number of rotatable bonds is 3. The summed E-state index contributed by atoms with van der Waals surface area (Å²) in [4.78, 5) is 19.5. The third-order valence-corrected chi connectivity index (χ3v) is 2.04. The van der Waals surface area contributed by atoms with Gasteiger partial charge >= 0.3 is 12.1 Å². The van der Waals surface area contributed by atoms with Gasteiger partial charge in [0.15, 0.2) is 0 Å². The maximum atomic E-state index is 13.2. The summed E-state index contributed by atoms with van der Waals surface area (Å²) < 4.78 is 51.1. The Morgan fingerprint density at radius 1 is 1.39 bits per heavy atom. The Labute approximate surface area is 96.8 Å². The number of carboxylic acid groups (broad SMARTS) is 1. The van der Waals surface area contributed by atoms with Crippen molar-refractivity contribution >= 4 is 11.7 Å². The van der Waals surface area contributed by atoms with Crippen LogP contribution in [-0.4, -0.2) is 16.0 Å². The van der Waals surface area contributed by atoms with E-state index in [-0.39, 0.29) is 0 Å². The van der Waals surface area contributed by atoms with Gasteiger partial charge in [0.1, 0.15) is 11.4 Å². The second-order valence-electron chi connectivity index (χ2n) is 3.25. The van der Waals surface area contributed by atoms with Gasteiger partial charge in [-0.25, -0.2) is 4.39 Å². The maximum absolute atomic E-state index is 13.2. The van der Waals surface area contributed by atoms with E-state index in [9.17, 15) is 32.5 Å². The highest BCUT2D eigenvalue weighted by Gasteiger charge is 2.42. The van der Waals surface area contributed by atoms with Crippen LogP contribution in [-0.2, 0) is 17.4 Å². The zero-order valence-electron chi connectivity index (χ0n) is 8.49. The van der Waals surface area contributed by atoms with Crippen LogP contribution in [0.3, 0.4) is 0 Å². The van der Waals surface area contributed by atoms with Gasteiger partial charge in [0.2, 0.25) is 0 Å². The van der Waals surface area contributed by atoms with Crippen LogP contribution in [0, 0.1) is 15.9 Å². The van der Waals surface area contributed by atoms with Gasteiger partial charge in [0.25, 0.3) is 5.69 Å². The number of halogens is 4. The van der Waals surface area contributed by atoms with Crippen LogP contribution < -0.4 is 0 Å². The molecule has 5 nitrogen and oxygen atoms in total. The lowest BCUT2D eigenvalue weighted by Gasteiger charge is -2.12. The van der Waals surface area contributed by atoms with Crippen LogP contribution in [0.2, 0.25) is 0 Å². The fourth-order valence-corrected chi connectivity index (χ4v) is 1.40. The predicted octanol–water partition coefficient (Wildman–Crippen LogP) is 2.38. The number of benzene rings is 1. The summed E-state index contributed by atoms with van der Waals surface area (Å²) >= 11 is 0. The Morgan fingerprint density at radius 2 is 1.94 bits per heavy atom. The average Bonchev–Trinajstić information content (AvgIpc) is 2.17. The van der Waals surface area contributed by atoms with Gasteiger partial charge in [-0.2, -0.15) is 13.2 Å². The van der Waals surface area contributed by atoms with E-state index in [1.54, 1.807) is 0 Å². The van der Waals surface area contributed by atoms with Crippen LogP contribution >= 0.6 is 0 Å². The lowest BCUT2D eigenvalue weighted by molar-refractivity contribution is -0.388. The number of carbonyl (C=O) groups is 1. The van der Waals surface area contributed by atoms with Crippen molar-refractivity contribution in [2.45, 2.75) is 12.6 Å². The first-order chi connectivity index (χ1) is 8.14. The van der Waals surface area contributed by atoms with Crippen LogP contribution in [0.5, 0.6) is 0 Å². The van der Waals surface area contributed by atoms with E-state index in [2.05, 4.69) is 0 Å². The maximum Gasteiger partial charge on any atom is 0.423 e. The van der Waals surface area contributed by atoms with Crippen LogP contribution in [0.4, 0.5) is 23.2 Å². The third-order valence-electron chi connectivity index (χ3n) is 2.04. The molecule has 0 aliphatic heterocycles. The molecule has 0 unspecified atom stereocenters. The Hall–Kier alpha value is -2.19. The minimum atomic E-state index is -5.21. The molecule has 0 spiro atoms. The quantitative estimate of drug-likeness (QED) is 0.518. The van der Waals surface area contributed by atoms with Gasteiger partial charge in [-0.15, -0.1) is 0 Å². The summed E-state index contributed by atoms with van der Waals surface area (Å²) in [5, 5.41) is 18.9. The molecule has 0 fully saturated rings. The van der Waals surface area contributed by atoms with Crippen molar-refractivity contribution in [1.29, 1.82) is 0 Å². The first-order valence-electron chi connectivity index (χ1n) is 4.39. The number of carboxylic acids is 1. The minimum absolute atomic E-state index is 0.351. The highest BCUT2D eigenvalue weighted by atomic mass is 19.4. The topological polar surface area (TPSA) is 80.4 Å². The highest BCUT2D eigenvalue weighted by molar-refractivity contribution is 5.72. The molecule has 1 N–H and O–H groups in total. The van der Waals surface area contributed by atoms with Crippen molar-refractivity contribution in [1.82, 2.24) is 0 Å². The average molecular weight is 267 g/mol. The number of hydrogen-bond donors (Lipinski definition) is 1. The molecule has 1 rings (SSSR count). The normalized spacial score (nSPS) is 11.3. The molecule has 1 aromatic rings. The van der Waals surface area contributed by atoms with Gasteiger partial charge in [-0.1, -0.05) is 0 Å². The van der Waals surface area contributed by atoms with Crippen molar-refractivity contribution in [3.63, 3.8) is 0 Å². The largest absolute Gasteiger partial charge is 0.481 e. The Balaban J connectivity index is 3.60. The first-order valence-corrected chi connectivity index (χ1v) is 4.39. The molecule has 9 heteroatoms. The molecule has 0 heterocycles. The SMILES string of the molecule is O=C(O)Cc1c(F)ccc([N+](=O)[O-])c1C(F)(F)F. The summed E-state index contributed by atoms with van der Waals surface area (Å²) in [6.45, 7) is 0. The Kier molecular flexibility index (Phi) is 3.54. The second-order valence-corrected chi connectivity index (χ2v) is 3.25. The zero-order valence-corrected chi connectivity index (χ0v) is 8.49. The Bertz CT molecular complexity index is 512. The van der Waals surface area contributed by atoms with E-state index < -0.39 is 46.1 Å². The predicted molar refractivity (Wildman–Crippen MR) is 49.4 cm³/mol. The summed E-state index contributed by atoms with van der Waals surface area (Å²) in [6, 6.07) is 0.787. The second kappa shape index (κ2) is 4.59. The highest BCUT2D eigenvalue weighted by Crippen LogP contribution is 2.39. The van der Waals surface area contributed by atoms with Crippen molar-refractivity contribution in [2.75, 3.05) is 0 Å². The van der Waals surface area contributed by atoms with Crippen molar-refractivity contribution < 1.29 is 32.4 Å². The van der Waals surface area contributed by atoms with E-state index in [1.807, 2.05) is 0 Å². The molecule has 0 bridgehead atoms. The van der Waals surface area contributed by atoms with Gasteiger partial charge in [0, 0.05) is 11.6 Å². The van der Waals surface area contributed by atoms with Crippen LogP contribution in [0.15, 0.2) is 12.1 Å². The summed E-state index contributed by atoms with van der Waals surface area (Å²) in [5.41, 5.74) is -4.49. The van der Waals surface area contributed by atoms with Gasteiger partial charge in [-0.3, -0.25) is 14.9 Å². The molecular weight excluding hydrogens is 262 g/mol.